The summed E-state index contributed by atoms with van der Waals surface area (Å²) in [4.78, 5) is 12.2. The van der Waals surface area contributed by atoms with Gasteiger partial charge >= 0.3 is 0 Å². The Balaban J connectivity index is 1.97. The van der Waals surface area contributed by atoms with Gasteiger partial charge in [-0.1, -0.05) is 58.9 Å². The van der Waals surface area contributed by atoms with Gasteiger partial charge in [-0.3, -0.25) is 4.79 Å². The van der Waals surface area contributed by atoms with Crippen LogP contribution >= 0.6 is 0 Å². The van der Waals surface area contributed by atoms with Gasteiger partial charge in [0.05, 0.1) is 11.4 Å². The maximum absolute atomic E-state index is 12.4. The number of carbonyl (C=O) groups excluding carboxylic acids is 1. The van der Waals surface area contributed by atoms with Crippen LogP contribution in [0.3, 0.4) is 0 Å². The lowest BCUT2D eigenvalue weighted by atomic mass is 9.87. The summed E-state index contributed by atoms with van der Waals surface area (Å²) in [5, 5.41) is 2.70. The highest BCUT2D eigenvalue weighted by molar-refractivity contribution is 7.89. The zero-order valence-corrected chi connectivity index (χ0v) is 17.4. The fourth-order valence-corrected chi connectivity index (χ4v) is 3.52. The Labute approximate surface area is 162 Å². The average molecular weight is 389 g/mol. The van der Waals surface area contributed by atoms with Gasteiger partial charge in [-0.25, -0.2) is 13.1 Å². The molecule has 0 aliphatic carbocycles. The number of amides is 1. The van der Waals surface area contributed by atoms with E-state index < -0.39 is 15.9 Å². The number of hydrogen-bond donors (Lipinski definition) is 2. The molecule has 0 fully saturated rings. The van der Waals surface area contributed by atoms with Crippen molar-refractivity contribution in [2.45, 2.75) is 50.8 Å². The van der Waals surface area contributed by atoms with E-state index in [-0.39, 0.29) is 16.9 Å². The summed E-state index contributed by atoms with van der Waals surface area (Å²) < 4.78 is 27.1. The van der Waals surface area contributed by atoms with Gasteiger partial charge in [-0.2, -0.15) is 0 Å². The van der Waals surface area contributed by atoms with Crippen molar-refractivity contribution in [2.75, 3.05) is 11.9 Å². The number of rotatable bonds is 6. The van der Waals surface area contributed by atoms with Crippen molar-refractivity contribution in [3.63, 3.8) is 0 Å². The highest BCUT2D eigenvalue weighted by Crippen LogP contribution is 2.23. The third kappa shape index (κ3) is 5.91. The van der Waals surface area contributed by atoms with Gasteiger partial charge in [0, 0.05) is 5.69 Å². The minimum Gasteiger partial charge on any atom is -0.325 e. The number of nitrogens with one attached hydrogen (secondary N) is 2. The Kier molecular flexibility index (Phi) is 6.44. The van der Waals surface area contributed by atoms with Crippen molar-refractivity contribution in [3.8, 4) is 0 Å². The van der Waals surface area contributed by atoms with Crippen LogP contribution < -0.4 is 10.0 Å². The maximum atomic E-state index is 12.4. The molecular formula is C21H28N2O3S. The third-order valence-electron chi connectivity index (χ3n) is 4.31. The molecule has 0 unspecified atom stereocenters. The number of anilines is 1. The van der Waals surface area contributed by atoms with Crippen LogP contribution in [0.2, 0.25) is 0 Å². The fraction of sp³-hybridized carbons (Fsp3) is 0.381. The molecule has 1 amide bonds. The molecule has 0 atom stereocenters. The lowest BCUT2D eigenvalue weighted by Gasteiger charge is -2.19. The van der Waals surface area contributed by atoms with Gasteiger partial charge in [0.25, 0.3) is 0 Å². The van der Waals surface area contributed by atoms with Crippen LogP contribution in [0.15, 0.2) is 53.4 Å². The first-order valence-electron chi connectivity index (χ1n) is 8.99. The lowest BCUT2D eigenvalue weighted by Crippen LogP contribution is -2.33. The van der Waals surface area contributed by atoms with Crippen molar-refractivity contribution in [3.05, 3.63) is 59.7 Å². The molecule has 146 valence electrons. The molecule has 5 nitrogen and oxygen atoms in total. The van der Waals surface area contributed by atoms with Gasteiger partial charge in [0.2, 0.25) is 15.9 Å². The number of sulfonamides is 1. The van der Waals surface area contributed by atoms with Crippen LogP contribution in [0.5, 0.6) is 0 Å². The lowest BCUT2D eigenvalue weighted by molar-refractivity contribution is -0.115. The Morgan fingerprint density at radius 3 is 2.00 bits per heavy atom. The van der Waals surface area contributed by atoms with E-state index in [1.165, 1.54) is 5.56 Å². The van der Waals surface area contributed by atoms with Gasteiger partial charge in [-0.15, -0.1) is 0 Å². The molecule has 0 heterocycles. The molecule has 0 aliphatic heterocycles. The quantitative estimate of drug-likeness (QED) is 0.785. The van der Waals surface area contributed by atoms with Crippen LogP contribution in [-0.4, -0.2) is 20.9 Å². The van der Waals surface area contributed by atoms with Crippen molar-refractivity contribution in [1.82, 2.24) is 4.72 Å². The summed E-state index contributed by atoms with van der Waals surface area (Å²) in [5.74, 6) is -0.00610. The molecule has 2 rings (SSSR count). The van der Waals surface area contributed by atoms with Crippen LogP contribution in [-0.2, 0) is 20.2 Å². The molecule has 6 heteroatoms. The molecule has 2 N–H and O–H groups in total. The molecule has 0 saturated heterocycles. The Morgan fingerprint density at radius 2 is 1.52 bits per heavy atom. The molecule has 0 bridgehead atoms. The first-order chi connectivity index (χ1) is 12.5. The van der Waals surface area contributed by atoms with E-state index in [4.69, 9.17) is 0 Å². The van der Waals surface area contributed by atoms with Gasteiger partial charge in [0.1, 0.15) is 0 Å². The molecule has 0 aliphatic rings. The van der Waals surface area contributed by atoms with Crippen molar-refractivity contribution < 1.29 is 13.2 Å². The predicted octanol–water partition coefficient (Wildman–Crippen LogP) is 4.02. The summed E-state index contributed by atoms with van der Waals surface area (Å²) >= 11 is 0. The van der Waals surface area contributed by atoms with E-state index in [1.807, 2.05) is 24.3 Å². The molecule has 0 radical (unpaired) electrons. The zero-order valence-electron chi connectivity index (χ0n) is 16.5. The summed E-state index contributed by atoms with van der Waals surface area (Å²) in [6.45, 7) is 10.1. The molecule has 0 aromatic heterocycles. The minimum atomic E-state index is -3.74. The van der Waals surface area contributed by atoms with E-state index in [0.29, 0.717) is 11.6 Å². The predicted molar refractivity (Wildman–Crippen MR) is 109 cm³/mol. The van der Waals surface area contributed by atoms with Crippen LogP contribution in [0.1, 0.15) is 51.7 Å². The Bertz CT molecular complexity index is 879. The monoisotopic (exact) mass is 388 g/mol. The van der Waals surface area contributed by atoms with Crippen molar-refractivity contribution in [1.29, 1.82) is 0 Å². The number of carbonyl (C=O) groups is 1. The average Bonchev–Trinajstić information content (AvgIpc) is 2.60. The molecule has 27 heavy (non-hydrogen) atoms. The third-order valence-corrected chi connectivity index (χ3v) is 5.73. The standard InChI is InChI=1S/C21H28N2O3S/c1-15(2)16-6-10-18(11-7-16)23-20(24)14-22-27(25,26)19-12-8-17(9-13-19)21(3,4)5/h6-13,15,22H,14H2,1-5H3,(H,23,24). The summed E-state index contributed by atoms with van der Waals surface area (Å²) in [7, 11) is -3.74. The zero-order chi connectivity index (χ0) is 20.2. The van der Waals surface area contributed by atoms with Gasteiger partial charge in [-0.05, 0) is 46.7 Å². The summed E-state index contributed by atoms with van der Waals surface area (Å²) in [6, 6.07) is 14.2. The SMILES string of the molecule is CC(C)c1ccc(NC(=O)CNS(=O)(=O)c2ccc(C(C)(C)C)cc2)cc1. The smallest absolute Gasteiger partial charge is 0.241 e. The molecule has 2 aromatic rings. The second kappa shape index (κ2) is 8.23. The first kappa shape index (κ1) is 21.1. The summed E-state index contributed by atoms with van der Waals surface area (Å²) in [5.41, 5.74) is 2.80. The first-order valence-corrected chi connectivity index (χ1v) is 10.5. The topological polar surface area (TPSA) is 75.3 Å². The Hall–Kier alpha value is -2.18. The van der Waals surface area contributed by atoms with Crippen LogP contribution in [0.4, 0.5) is 5.69 Å². The van der Waals surface area contributed by atoms with E-state index in [9.17, 15) is 13.2 Å². The highest BCUT2D eigenvalue weighted by atomic mass is 32.2. The highest BCUT2D eigenvalue weighted by Gasteiger charge is 2.18. The molecule has 0 spiro atoms. The summed E-state index contributed by atoms with van der Waals surface area (Å²) in [6.07, 6.45) is 0. The second-order valence-electron chi connectivity index (χ2n) is 7.92. The number of benzene rings is 2. The fourth-order valence-electron chi connectivity index (χ4n) is 2.53. The van der Waals surface area contributed by atoms with E-state index in [0.717, 1.165) is 5.56 Å². The maximum Gasteiger partial charge on any atom is 0.241 e. The van der Waals surface area contributed by atoms with E-state index in [1.54, 1.807) is 24.3 Å². The van der Waals surface area contributed by atoms with Crippen LogP contribution in [0.25, 0.3) is 0 Å². The molecular weight excluding hydrogens is 360 g/mol. The van der Waals surface area contributed by atoms with Gasteiger partial charge < -0.3 is 5.32 Å². The van der Waals surface area contributed by atoms with E-state index in [2.05, 4.69) is 44.7 Å². The number of hydrogen-bond acceptors (Lipinski definition) is 3. The normalized spacial score (nSPS) is 12.2. The Morgan fingerprint density at radius 1 is 0.963 bits per heavy atom. The van der Waals surface area contributed by atoms with E-state index >= 15 is 0 Å². The molecule has 2 aromatic carbocycles. The second-order valence-corrected chi connectivity index (χ2v) is 9.69. The van der Waals surface area contributed by atoms with Crippen molar-refractivity contribution >= 4 is 21.6 Å². The largest absolute Gasteiger partial charge is 0.325 e. The minimum absolute atomic E-state index is 0.0548. The van der Waals surface area contributed by atoms with Gasteiger partial charge in [0.15, 0.2) is 0 Å². The molecule has 0 saturated carbocycles. The van der Waals surface area contributed by atoms with Crippen molar-refractivity contribution in [2.24, 2.45) is 0 Å². The van der Waals surface area contributed by atoms with Crippen LogP contribution in [0, 0.1) is 0 Å².